The van der Waals surface area contributed by atoms with Crippen LogP contribution >= 0.6 is 11.3 Å². The molecule has 0 saturated carbocycles. The molecule has 1 amide bonds. The molecular formula is C7H8N6OS. The van der Waals surface area contributed by atoms with Crippen LogP contribution in [0.15, 0.2) is 6.07 Å². The van der Waals surface area contributed by atoms with Gasteiger partial charge in [-0.15, -0.1) is 10.2 Å². The summed E-state index contributed by atoms with van der Waals surface area (Å²) in [5, 5.41) is 17.5. The fraction of sp³-hybridized carbons (Fsp3) is 0.143. The summed E-state index contributed by atoms with van der Waals surface area (Å²) in [7, 11) is 0. The Morgan fingerprint density at radius 3 is 2.93 bits per heavy atom. The lowest BCUT2D eigenvalue weighted by molar-refractivity contribution is 0.102. The van der Waals surface area contributed by atoms with Crippen LogP contribution in [0, 0.1) is 6.92 Å². The highest BCUT2D eigenvalue weighted by Crippen LogP contribution is 2.14. The summed E-state index contributed by atoms with van der Waals surface area (Å²) >= 11 is 1.30. The first-order valence-corrected chi connectivity index (χ1v) is 4.89. The summed E-state index contributed by atoms with van der Waals surface area (Å²) in [5.74, 6) is -0.0658. The molecule has 0 fully saturated rings. The summed E-state index contributed by atoms with van der Waals surface area (Å²) < 4.78 is 0. The standard InChI is InChI=1S/C7H8N6OS/c1-3-10-13-7(15-3)9-6(14)4-2-5(8)12-11-4/h2H,1H3,(H3,8,11,12)(H,9,13,14). The van der Waals surface area contributed by atoms with Gasteiger partial charge in [0.15, 0.2) is 0 Å². The molecule has 0 aromatic carbocycles. The van der Waals surface area contributed by atoms with Crippen molar-refractivity contribution in [1.82, 2.24) is 20.4 Å². The Kier molecular flexibility index (Phi) is 2.34. The Balaban J connectivity index is 2.10. The van der Waals surface area contributed by atoms with Gasteiger partial charge in [-0.05, 0) is 6.92 Å². The van der Waals surface area contributed by atoms with Gasteiger partial charge in [0, 0.05) is 6.07 Å². The van der Waals surface area contributed by atoms with Gasteiger partial charge < -0.3 is 5.73 Å². The SMILES string of the molecule is Cc1nnc(NC(=O)c2cc(N)n[nH]2)s1. The lowest BCUT2D eigenvalue weighted by Crippen LogP contribution is -2.12. The Hall–Kier alpha value is -1.96. The number of nitrogens with one attached hydrogen (secondary N) is 2. The first-order chi connectivity index (χ1) is 7.15. The zero-order valence-electron chi connectivity index (χ0n) is 7.81. The summed E-state index contributed by atoms with van der Waals surface area (Å²) in [5.41, 5.74) is 5.66. The second kappa shape index (κ2) is 3.65. The zero-order chi connectivity index (χ0) is 10.8. The number of hydrogen-bond acceptors (Lipinski definition) is 6. The molecule has 0 saturated heterocycles. The van der Waals surface area contributed by atoms with Crippen molar-refractivity contribution in [3.05, 3.63) is 16.8 Å². The monoisotopic (exact) mass is 224 g/mol. The third kappa shape index (κ3) is 2.10. The van der Waals surface area contributed by atoms with Crippen molar-refractivity contribution in [3.63, 3.8) is 0 Å². The van der Waals surface area contributed by atoms with Crippen molar-refractivity contribution in [2.75, 3.05) is 11.1 Å². The fourth-order valence-electron chi connectivity index (χ4n) is 0.965. The first-order valence-electron chi connectivity index (χ1n) is 4.07. The van der Waals surface area contributed by atoms with Crippen molar-refractivity contribution < 1.29 is 4.79 Å². The van der Waals surface area contributed by atoms with Gasteiger partial charge in [0.05, 0.1) is 0 Å². The predicted octanol–water partition coefficient (Wildman–Crippen LogP) is 0.404. The van der Waals surface area contributed by atoms with Gasteiger partial charge in [-0.2, -0.15) is 5.10 Å². The van der Waals surface area contributed by atoms with E-state index >= 15 is 0 Å². The van der Waals surface area contributed by atoms with Crippen molar-refractivity contribution in [2.45, 2.75) is 6.92 Å². The highest BCUT2D eigenvalue weighted by atomic mass is 32.1. The molecule has 2 heterocycles. The summed E-state index contributed by atoms with van der Waals surface area (Å²) in [6.45, 7) is 1.81. The maximum Gasteiger partial charge on any atom is 0.275 e. The van der Waals surface area contributed by atoms with Gasteiger partial charge in [0.2, 0.25) is 5.13 Å². The minimum Gasteiger partial charge on any atom is -0.382 e. The van der Waals surface area contributed by atoms with Gasteiger partial charge in [-0.25, -0.2) is 0 Å². The molecule has 0 aliphatic carbocycles. The molecule has 2 rings (SSSR count). The number of nitrogens with two attached hydrogens (primary N) is 1. The van der Waals surface area contributed by atoms with Gasteiger partial charge >= 0.3 is 0 Å². The lowest BCUT2D eigenvalue weighted by Gasteiger charge is -1.95. The molecule has 2 aromatic heterocycles. The molecule has 8 heteroatoms. The number of H-pyrrole nitrogens is 1. The molecule has 2 aromatic rings. The van der Waals surface area contributed by atoms with E-state index in [9.17, 15) is 4.79 Å². The number of rotatable bonds is 2. The topological polar surface area (TPSA) is 110 Å². The van der Waals surface area contributed by atoms with Gasteiger partial charge in [0.1, 0.15) is 16.5 Å². The molecule has 0 aliphatic rings. The molecule has 78 valence electrons. The van der Waals surface area contributed by atoms with Crippen LogP contribution < -0.4 is 11.1 Å². The van der Waals surface area contributed by atoms with Crippen molar-refractivity contribution >= 4 is 28.2 Å². The van der Waals surface area contributed by atoms with Crippen LogP contribution in [0.3, 0.4) is 0 Å². The van der Waals surface area contributed by atoms with Crippen LogP contribution in [0.2, 0.25) is 0 Å². The number of carbonyl (C=O) groups is 1. The number of anilines is 2. The highest BCUT2D eigenvalue weighted by Gasteiger charge is 2.10. The Labute approximate surface area is 88.7 Å². The molecule has 4 N–H and O–H groups in total. The van der Waals surface area contributed by atoms with Crippen LogP contribution in [0.25, 0.3) is 0 Å². The van der Waals surface area contributed by atoms with E-state index in [0.717, 1.165) is 5.01 Å². The second-order valence-corrected chi connectivity index (χ2v) is 3.97. The van der Waals surface area contributed by atoms with Gasteiger partial charge in [-0.3, -0.25) is 15.2 Å². The molecule has 0 radical (unpaired) electrons. The minimum absolute atomic E-state index is 0.272. The maximum atomic E-state index is 11.5. The average molecular weight is 224 g/mol. The number of amides is 1. The quantitative estimate of drug-likeness (QED) is 0.684. The first kappa shape index (κ1) is 9.59. The van der Waals surface area contributed by atoms with Crippen molar-refractivity contribution in [3.8, 4) is 0 Å². The third-order valence-electron chi connectivity index (χ3n) is 1.59. The predicted molar refractivity (Wildman–Crippen MR) is 55.6 cm³/mol. The smallest absolute Gasteiger partial charge is 0.275 e. The molecule has 0 bridgehead atoms. The van der Waals surface area contributed by atoms with Crippen LogP contribution in [-0.4, -0.2) is 26.3 Å². The maximum absolute atomic E-state index is 11.5. The van der Waals surface area contributed by atoms with E-state index in [1.807, 2.05) is 6.92 Å². The molecule has 0 aliphatic heterocycles. The number of nitrogen functional groups attached to an aromatic ring is 1. The Morgan fingerprint density at radius 2 is 2.40 bits per heavy atom. The highest BCUT2D eigenvalue weighted by molar-refractivity contribution is 7.15. The van der Waals surface area contributed by atoms with Crippen LogP contribution in [-0.2, 0) is 0 Å². The Morgan fingerprint density at radius 1 is 1.60 bits per heavy atom. The van der Waals surface area contributed by atoms with E-state index in [2.05, 4.69) is 25.7 Å². The number of nitrogens with zero attached hydrogens (tertiary/aromatic N) is 3. The third-order valence-corrected chi connectivity index (χ3v) is 2.34. The van der Waals surface area contributed by atoms with Crippen molar-refractivity contribution in [2.24, 2.45) is 0 Å². The van der Waals surface area contributed by atoms with E-state index in [1.54, 1.807) is 0 Å². The molecule has 0 spiro atoms. The Bertz CT molecular complexity index is 489. The summed E-state index contributed by atoms with van der Waals surface area (Å²) in [6, 6.07) is 1.45. The largest absolute Gasteiger partial charge is 0.382 e. The van der Waals surface area contributed by atoms with E-state index in [0.29, 0.717) is 10.8 Å². The van der Waals surface area contributed by atoms with E-state index in [1.165, 1.54) is 17.4 Å². The molecule has 0 atom stereocenters. The van der Waals surface area contributed by atoms with Crippen LogP contribution in [0.1, 0.15) is 15.5 Å². The number of aromatic nitrogens is 4. The van der Waals surface area contributed by atoms with Gasteiger partial charge in [-0.1, -0.05) is 11.3 Å². The van der Waals surface area contributed by atoms with Crippen molar-refractivity contribution in [1.29, 1.82) is 0 Å². The van der Waals surface area contributed by atoms with Crippen LogP contribution in [0.4, 0.5) is 10.9 Å². The van der Waals surface area contributed by atoms with E-state index in [4.69, 9.17) is 5.73 Å². The lowest BCUT2D eigenvalue weighted by atomic mass is 10.4. The van der Waals surface area contributed by atoms with Crippen LogP contribution in [0.5, 0.6) is 0 Å². The average Bonchev–Trinajstić information content (AvgIpc) is 2.75. The second-order valence-electron chi connectivity index (χ2n) is 2.79. The summed E-state index contributed by atoms with van der Waals surface area (Å²) in [6.07, 6.45) is 0. The normalized spacial score (nSPS) is 10.2. The molecule has 0 unspecified atom stereocenters. The molecular weight excluding hydrogens is 216 g/mol. The van der Waals surface area contributed by atoms with E-state index in [-0.39, 0.29) is 11.7 Å². The van der Waals surface area contributed by atoms with Gasteiger partial charge in [0.25, 0.3) is 5.91 Å². The minimum atomic E-state index is -0.338. The fourth-order valence-corrected chi connectivity index (χ4v) is 1.55. The zero-order valence-corrected chi connectivity index (χ0v) is 8.63. The van der Waals surface area contributed by atoms with E-state index < -0.39 is 0 Å². The summed E-state index contributed by atoms with van der Waals surface area (Å²) in [4.78, 5) is 11.5. The number of carbonyl (C=O) groups excluding carboxylic acids is 1. The number of hydrogen-bond donors (Lipinski definition) is 3. The number of aromatic amines is 1. The molecule has 7 nitrogen and oxygen atoms in total. The molecule has 15 heavy (non-hydrogen) atoms. The number of aryl methyl sites for hydroxylation is 1.